The molecule has 158 valence electrons. The molecule has 0 bridgehead atoms. The van der Waals surface area contributed by atoms with Crippen molar-refractivity contribution < 1.29 is 14.3 Å². The molecular formula is C23H20ClN3O3S. The number of hydrazone groups is 1. The summed E-state index contributed by atoms with van der Waals surface area (Å²) in [7, 11) is 0. The highest BCUT2D eigenvalue weighted by atomic mass is 35.5. The van der Waals surface area contributed by atoms with Crippen molar-refractivity contribution in [1.29, 1.82) is 0 Å². The third kappa shape index (κ3) is 7.81. The largest absolute Gasteiger partial charge is 0.483 e. The summed E-state index contributed by atoms with van der Waals surface area (Å²) in [5, 5.41) is 7.39. The molecule has 0 atom stereocenters. The van der Waals surface area contributed by atoms with Gasteiger partial charge in [0.25, 0.3) is 5.91 Å². The van der Waals surface area contributed by atoms with Crippen molar-refractivity contribution in [3.05, 3.63) is 89.4 Å². The predicted molar refractivity (Wildman–Crippen MR) is 125 cm³/mol. The first-order valence-corrected chi connectivity index (χ1v) is 10.7. The molecule has 0 aromatic heterocycles. The van der Waals surface area contributed by atoms with E-state index in [0.29, 0.717) is 22.0 Å². The van der Waals surface area contributed by atoms with Crippen LogP contribution in [0.4, 0.5) is 5.69 Å². The molecule has 31 heavy (non-hydrogen) atoms. The lowest BCUT2D eigenvalue weighted by atomic mass is 10.2. The first kappa shape index (κ1) is 22.4. The van der Waals surface area contributed by atoms with Crippen molar-refractivity contribution in [3.8, 4) is 5.75 Å². The van der Waals surface area contributed by atoms with Crippen LogP contribution in [0.25, 0.3) is 0 Å². The highest BCUT2D eigenvalue weighted by Crippen LogP contribution is 2.20. The van der Waals surface area contributed by atoms with Crippen molar-refractivity contribution in [3.63, 3.8) is 0 Å². The highest BCUT2D eigenvalue weighted by Gasteiger charge is 2.07. The van der Waals surface area contributed by atoms with Gasteiger partial charge in [0.15, 0.2) is 6.61 Å². The van der Waals surface area contributed by atoms with Crippen LogP contribution in [-0.4, -0.2) is 30.4 Å². The van der Waals surface area contributed by atoms with Gasteiger partial charge in [0, 0.05) is 21.2 Å². The maximum atomic E-state index is 12.1. The monoisotopic (exact) mass is 453 g/mol. The lowest BCUT2D eigenvalue weighted by molar-refractivity contribution is -0.119. The Morgan fingerprint density at radius 2 is 1.65 bits per heavy atom. The van der Waals surface area contributed by atoms with Gasteiger partial charge in [-0.2, -0.15) is 5.10 Å². The van der Waals surface area contributed by atoms with Crippen molar-refractivity contribution >= 4 is 47.1 Å². The Balaban J connectivity index is 1.47. The number of para-hydroxylation sites is 2. The second kappa shape index (κ2) is 11.8. The first-order chi connectivity index (χ1) is 15.1. The van der Waals surface area contributed by atoms with E-state index in [9.17, 15) is 9.59 Å². The van der Waals surface area contributed by atoms with E-state index >= 15 is 0 Å². The summed E-state index contributed by atoms with van der Waals surface area (Å²) in [6.07, 6.45) is 1.48. The van der Waals surface area contributed by atoms with Crippen molar-refractivity contribution in [2.24, 2.45) is 5.10 Å². The maximum Gasteiger partial charge on any atom is 0.262 e. The minimum Gasteiger partial charge on any atom is -0.483 e. The van der Waals surface area contributed by atoms with Gasteiger partial charge >= 0.3 is 0 Å². The van der Waals surface area contributed by atoms with Crippen LogP contribution in [0.3, 0.4) is 0 Å². The number of ether oxygens (including phenoxy) is 1. The fourth-order valence-electron chi connectivity index (χ4n) is 2.47. The molecular weight excluding hydrogens is 434 g/mol. The van der Waals surface area contributed by atoms with E-state index in [1.165, 1.54) is 18.0 Å². The number of anilines is 1. The maximum absolute atomic E-state index is 12.1. The number of amides is 2. The summed E-state index contributed by atoms with van der Waals surface area (Å²) < 4.78 is 5.61. The SMILES string of the molecule is O=C(CSc1ccc(Cl)cc1)N/N=C\c1ccccc1OCC(=O)Nc1ccccc1. The molecule has 0 spiro atoms. The van der Waals surface area contributed by atoms with Gasteiger partial charge in [0.2, 0.25) is 5.91 Å². The van der Waals surface area contributed by atoms with Gasteiger partial charge in [0.05, 0.1) is 12.0 Å². The molecule has 0 unspecified atom stereocenters. The van der Waals surface area contributed by atoms with Gasteiger partial charge in [-0.15, -0.1) is 11.8 Å². The lowest BCUT2D eigenvalue weighted by Gasteiger charge is -2.09. The number of hydrogen-bond donors (Lipinski definition) is 2. The van der Waals surface area contributed by atoms with E-state index in [2.05, 4.69) is 15.8 Å². The average Bonchev–Trinajstić information content (AvgIpc) is 2.79. The van der Waals surface area contributed by atoms with Gasteiger partial charge in [-0.1, -0.05) is 41.9 Å². The molecule has 0 saturated heterocycles. The normalized spacial score (nSPS) is 10.6. The molecule has 0 radical (unpaired) electrons. The van der Waals surface area contributed by atoms with E-state index in [1.807, 2.05) is 36.4 Å². The molecule has 2 amide bonds. The molecule has 0 fully saturated rings. The molecule has 0 saturated carbocycles. The third-order valence-electron chi connectivity index (χ3n) is 3.91. The molecule has 0 aliphatic heterocycles. The Bertz CT molecular complexity index is 1040. The zero-order chi connectivity index (χ0) is 21.9. The van der Waals surface area contributed by atoms with Gasteiger partial charge < -0.3 is 10.1 Å². The molecule has 6 nitrogen and oxygen atoms in total. The Labute approximate surface area is 189 Å². The second-order valence-electron chi connectivity index (χ2n) is 6.28. The smallest absolute Gasteiger partial charge is 0.262 e. The highest BCUT2D eigenvalue weighted by molar-refractivity contribution is 8.00. The summed E-state index contributed by atoms with van der Waals surface area (Å²) in [5.74, 6) is 0.193. The number of benzene rings is 3. The summed E-state index contributed by atoms with van der Waals surface area (Å²) >= 11 is 7.23. The van der Waals surface area contributed by atoms with Crippen LogP contribution in [0.15, 0.2) is 88.9 Å². The van der Waals surface area contributed by atoms with Crippen LogP contribution in [-0.2, 0) is 9.59 Å². The quantitative estimate of drug-likeness (QED) is 0.282. The molecule has 3 rings (SSSR count). The van der Waals surface area contributed by atoms with Crippen LogP contribution in [0.2, 0.25) is 5.02 Å². The second-order valence-corrected chi connectivity index (χ2v) is 7.76. The molecule has 8 heteroatoms. The number of halogens is 1. The predicted octanol–water partition coefficient (Wildman–Crippen LogP) is 4.60. The molecule has 0 aliphatic carbocycles. The summed E-state index contributed by atoms with van der Waals surface area (Å²) in [6.45, 7) is -0.149. The van der Waals surface area contributed by atoms with Gasteiger partial charge in [-0.3, -0.25) is 9.59 Å². The molecule has 3 aromatic rings. The summed E-state index contributed by atoms with van der Waals surface area (Å²) in [6, 6.07) is 23.5. The van der Waals surface area contributed by atoms with Crippen LogP contribution in [0.1, 0.15) is 5.56 Å². The first-order valence-electron chi connectivity index (χ1n) is 9.37. The zero-order valence-corrected chi connectivity index (χ0v) is 18.0. The number of nitrogens with zero attached hydrogens (tertiary/aromatic N) is 1. The minimum absolute atomic E-state index is 0.149. The van der Waals surface area contributed by atoms with Crippen molar-refractivity contribution in [1.82, 2.24) is 5.43 Å². The molecule has 0 aliphatic rings. The van der Waals surface area contributed by atoms with Crippen LogP contribution in [0, 0.1) is 0 Å². The number of thioether (sulfide) groups is 1. The fraction of sp³-hybridized carbons (Fsp3) is 0.0870. The molecule has 2 N–H and O–H groups in total. The van der Waals surface area contributed by atoms with E-state index < -0.39 is 0 Å². The Morgan fingerprint density at radius 3 is 2.42 bits per heavy atom. The van der Waals surface area contributed by atoms with Crippen LogP contribution >= 0.6 is 23.4 Å². The Hall–Kier alpha value is -3.29. The standard InChI is InChI=1S/C23H20ClN3O3S/c24-18-10-12-20(13-11-18)31-16-23(29)27-25-14-17-6-4-5-9-21(17)30-15-22(28)26-19-7-2-1-3-8-19/h1-14H,15-16H2,(H,26,28)(H,27,29)/b25-14-. The van der Waals surface area contributed by atoms with Gasteiger partial charge in [-0.05, 0) is 48.5 Å². The Kier molecular flexibility index (Phi) is 8.51. The number of carbonyl (C=O) groups is 2. The van der Waals surface area contributed by atoms with Gasteiger partial charge in [-0.25, -0.2) is 5.43 Å². The molecule has 3 aromatic carbocycles. The fourth-order valence-corrected chi connectivity index (χ4v) is 3.28. The summed E-state index contributed by atoms with van der Waals surface area (Å²) in [4.78, 5) is 25.0. The summed E-state index contributed by atoms with van der Waals surface area (Å²) in [5.41, 5.74) is 3.83. The minimum atomic E-state index is -0.273. The van der Waals surface area contributed by atoms with E-state index in [0.717, 1.165) is 4.90 Å². The van der Waals surface area contributed by atoms with E-state index in [-0.39, 0.29) is 24.2 Å². The number of hydrogen-bond acceptors (Lipinski definition) is 5. The third-order valence-corrected chi connectivity index (χ3v) is 5.18. The number of carbonyl (C=O) groups excluding carboxylic acids is 2. The molecule has 0 heterocycles. The average molecular weight is 454 g/mol. The van der Waals surface area contributed by atoms with E-state index in [4.69, 9.17) is 16.3 Å². The van der Waals surface area contributed by atoms with E-state index in [1.54, 1.807) is 42.5 Å². The Morgan fingerprint density at radius 1 is 0.935 bits per heavy atom. The number of nitrogens with one attached hydrogen (secondary N) is 2. The lowest BCUT2D eigenvalue weighted by Crippen LogP contribution is -2.21. The zero-order valence-electron chi connectivity index (χ0n) is 16.5. The van der Waals surface area contributed by atoms with Crippen LogP contribution < -0.4 is 15.5 Å². The number of rotatable bonds is 9. The topological polar surface area (TPSA) is 79.8 Å². The van der Waals surface area contributed by atoms with Crippen LogP contribution in [0.5, 0.6) is 5.75 Å². The van der Waals surface area contributed by atoms with Crippen molar-refractivity contribution in [2.75, 3.05) is 17.7 Å². The van der Waals surface area contributed by atoms with Gasteiger partial charge in [0.1, 0.15) is 5.75 Å². The van der Waals surface area contributed by atoms with Crippen molar-refractivity contribution in [2.45, 2.75) is 4.90 Å².